The summed E-state index contributed by atoms with van der Waals surface area (Å²) < 4.78 is 2.65. The van der Waals surface area contributed by atoms with Crippen molar-refractivity contribution >= 4 is 59.3 Å². The average Bonchev–Trinajstić information content (AvgIpc) is 3.63. The van der Waals surface area contributed by atoms with E-state index in [2.05, 4.69) is 217 Å². The van der Waals surface area contributed by atoms with Crippen molar-refractivity contribution in [2.24, 2.45) is 0 Å². The van der Waals surface area contributed by atoms with Crippen molar-refractivity contribution in [2.45, 2.75) is 0 Å². The van der Waals surface area contributed by atoms with Crippen LogP contribution in [0.25, 0.3) is 75.5 Å². The number of thiophene rings is 1. The van der Waals surface area contributed by atoms with E-state index in [4.69, 9.17) is 0 Å². The van der Waals surface area contributed by atoms with Crippen molar-refractivity contribution in [1.29, 1.82) is 0 Å². The van der Waals surface area contributed by atoms with E-state index in [-0.39, 0.29) is 0 Å². The molecule has 2 heteroatoms. The van der Waals surface area contributed by atoms with Crippen molar-refractivity contribution in [3.05, 3.63) is 212 Å². The molecule has 9 aromatic carbocycles. The van der Waals surface area contributed by atoms with Gasteiger partial charge in [-0.2, -0.15) is 0 Å². The fourth-order valence-corrected chi connectivity index (χ4v) is 8.84. The summed E-state index contributed by atoms with van der Waals surface area (Å²) in [5.74, 6) is 0. The molecule has 0 saturated carbocycles. The number of para-hydroxylation sites is 1. The summed E-state index contributed by atoms with van der Waals surface area (Å²) in [6.45, 7) is 0. The zero-order valence-electron chi connectivity index (χ0n) is 29.6. The van der Waals surface area contributed by atoms with Crippen LogP contribution in [-0.4, -0.2) is 0 Å². The lowest BCUT2D eigenvalue weighted by molar-refractivity contribution is 1.28. The van der Waals surface area contributed by atoms with Crippen LogP contribution in [0.1, 0.15) is 0 Å². The van der Waals surface area contributed by atoms with E-state index >= 15 is 0 Å². The summed E-state index contributed by atoms with van der Waals surface area (Å²) in [6, 6.07) is 77.1. The van der Waals surface area contributed by atoms with Crippen molar-refractivity contribution < 1.29 is 0 Å². The predicted octanol–water partition coefficient (Wildman–Crippen LogP) is 15.3. The van der Waals surface area contributed by atoms with Gasteiger partial charge in [0.25, 0.3) is 0 Å². The Bertz CT molecular complexity index is 2900. The predicted molar refractivity (Wildman–Crippen MR) is 233 cm³/mol. The van der Waals surface area contributed by atoms with Gasteiger partial charge in [-0.25, -0.2) is 0 Å². The number of hydrogen-bond donors (Lipinski definition) is 0. The fraction of sp³-hybridized carbons (Fsp3) is 0. The molecule has 0 fully saturated rings. The van der Waals surface area contributed by atoms with Gasteiger partial charge in [0.1, 0.15) is 0 Å². The monoisotopic (exact) mass is 705 g/mol. The van der Waals surface area contributed by atoms with Gasteiger partial charge >= 0.3 is 0 Å². The van der Waals surface area contributed by atoms with Crippen LogP contribution in [-0.2, 0) is 0 Å². The maximum atomic E-state index is 2.39. The molecule has 54 heavy (non-hydrogen) atoms. The molecule has 0 atom stereocenters. The average molecular weight is 706 g/mol. The van der Waals surface area contributed by atoms with Crippen molar-refractivity contribution in [3.63, 3.8) is 0 Å². The second kappa shape index (κ2) is 13.7. The lowest BCUT2D eigenvalue weighted by Crippen LogP contribution is -2.11. The van der Waals surface area contributed by atoms with Gasteiger partial charge in [0.2, 0.25) is 0 Å². The minimum absolute atomic E-state index is 1.10. The molecule has 0 amide bonds. The molecule has 0 aliphatic carbocycles. The zero-order chi connectivity index (χ0) is 35.8. The van der Waals surface area contributed by atoms with Crippen LogP contribution in [0.5, 0.6) is 0 Å². The minimum Gasteiger partial charge on any atom is -0.310 e. The second-order valence-corrected chi connectivity index (χ2v) is 14.8. The summed E-state index contributed by atoms with van der Waals surface area (Å²) in [5, 5.41) is 5.13. The van der Waals surface area contributed by atoms with E-state index in [0.717, 1.165) is 17.1 Å². The van der Waals surface area contributed by atoms with Crippen LogP contribution < -0.4 is 4.90 Å². The maximum absolute atomic E-state index is 2.39. The number of nitrogens with zero attached hydrogens (tertiary/aromatic N) is 1. The van der Waals surface area contributed by atoms with Gasteiger partial charge in [-0.05, 0) is 98.2 Å². The van der Waals surface area contributed by atoms with Crippen LogP contribution in [0.4, 0.5) is 17.1 Å². The van der Waals surface area contributed by atoms with Gasteiger partial charge in [-0.15, -0.1) is 11.3 Å². The van der Waals surface area contributed by atoms with E-state index in [1.165, 1.54) is 75.5 Å². The normalized spacial score (nSPS) is 11.3. The number of rotatable bonds is 7. The molecule has 1 aromatic heterocycles. The van der Waals surface area contributed by atoms with Gasteiger partial charge in [0, 0.05) is 37.1 Å². The molecule has 1 nitrogen and oxygen atoms in total. The number of fused-ring (bicyclic) bond motifs is 4. The topological polar surface area (TPSA) is 3.24 Å². The Balaban J connectivity index is 1.05. The SMILES string of the molecule is c1ccc(-c2ccc(-c3ccc(N(c4ccc(-c5ccc6c(c5)sc5ccccc56)cc4)c4ccccc4-c4ccc5ccccc5c4)cc3)cc2)cc1. The molecule has 10 aromatic rings. The molecule has 0 saturated heterocycles. The quantitative estimate of drug-likeness (QED) is 0.160. The maximum Gasteiger partial charge on any atom is 0.0540 e. The van der Waals surface area contributed by atoms with Crippen LogP contribution in [0.15, 0.2) is 212 Å². The zero-order valence-corrected chi connectivity index (χ0v) is 30.4. The van der Waals surface area contributed by atoms with Crippen LogP contribution in [0.2, 0.25) is 0 Å². The summed E-state index contributed by atoms with van der Waals surface area (Å²) in [4.78, 5) is 2.39. The number of hydrogen-bond acceptors (Lipinski definition) is 2. The largest absolute Gasteiger partial charge is 0.310 e. The highest BCUT2D eigenvalue weighted by Crippen LogP contribution is 2.43. The van der Waals surface area contributed by atoms with Gasteiger partial charge in [-0.3, -0.25) is 0 Å². The molecule has 0 unspecified atom stereocenters. The Morgan fingerprint density at radius 2 is 0.796 bits per heavy atom. The molecular weight excluding hydrogens is 671 g/mol. The Labute approximate surface area is 319 Å². The Hall–Kier alpha value is -6.74. The third kappa shape index (κ3) is 5.93. The standard InChI is InChI=1S/C52H35NS/c1-2-10-36(11-3-1)38-18-20-39(21-19-38)40-24-29-45(30-25-40)53(50-16-8-6-14-47(50)44-23-22-37-12-4-5-13-42(37)34-44)46-31-26-41(27-32-46)43-28-33-49-48-15-7-9-17-51(48)54-52(49)35-43/h1-35H. The summed E-state index contributed by atoms with van der Waals surface area (Å²) in [7, 11) is 0. The molecule has 0 spiro atoms. The second-order valence-electron chi connectivity index (χ2n) is 13.8. The molecule has 0 aliphatic rings. The summed E-state index contributed by atoms with van der Waals surface area (Å²) >= 11 is 1.86. The Kier molecular flexibility index (Phi) is 8.09. The molecule has 1 heterocycles. The van der Waals surface area contributed by atoms with Crippen LogP contribution >= 0.6 is 11.3 Å². The van der Waals surface area contributed by atoms with E-state index in [1.54, 1.807) is 0 Å². The van der Waals surface area contributed by atoms with Crippen LogP contribution in [0, 0.1) is 0 Å². The van der Waals surface area contributed by atoms with Gasteiger partial charge in [0.05, 0.1) is 5.69 Å². The van der Waals surface area contributed by atoms with Gasteiger partial charge < -0.3 is 4.90 Å². The lowest BCUT2D eigenvalue weighted by Gasteiger charge is -2.28. The van der Waals surface area contributed by atoms with E-state index in [9.17, 15) is 0 Å². The van der Waals surface area contributed by atoms with E-state index < -0.39 is 0 Å². The third-order valence-electron chi connectivity index (χ3n) is 10.5. The smallest absolute Gasteiger partial charge is 0.0540 e. The molecule has 0 bridgehead atoms. The third-order valence-corrected chi connectivity index (χ3v) is 11.6. The summed E-state index contributed by atoms with van der Waals surface area (Å²) in [6.07, 6.45) is 0. The number of benzene rings is 9. The highest BCUT2D eigenvalue weighted by Gasteiger charge is 2.18. The molecule has 0 radical (unpaired) electrons. The first-order chi connectivity index (χ1) is 26.7. The van der Waals surface area contributed by atoms with E-state index in [1.807, 2.05) is 11.3 Å². The fourth-order valence-electron chi connectivity index (χ4n) is 7.69. The molecule has 0 aliphatic heterocycles. The first kappa shape index (κ1) is 32.0. The van der Waals surface area contributed by atoms with Crippen molar-refractivity contribution in [2.75, 3.05) is 4.90 Å². The van der Waals surface area contributed by atoms with Gasteiger partial charge in [-0.1, -0.05) is 164 Å². The molecular formula is C52H35NS. The van der Waals surface area contributed by atoms with Crippen molar-refractivity contribution in [3.8, 4) is 44.5 Å². The highest BCUT2D eigenvalue weighted by molar-refractivity contribution is 7.25. The molecule has 254 valence electrons. The first-order valence-corrected chi connectivity index (χ1v) is 19.2. The minimum atomic E-state index is 1.10. The lowest BCUT2D eigenvalue weighted by atomic mass is 9.98. The molecule has 10 rings (SSSR count). The Morgan fingerprint density at radius 3 is 1.52 bits per heavy atom. The van der Waals surface area contributed by atoms with Gasteiger partial charge in [0.15, 0.2) is 0 Å². The summed E-state index contributed by atoms with van der Waals surface area (Å²) in [5.41, 5.74) is 13.0. The number of anilines is 3. The highest BCUT2D eigenvalue weighted by atomic mass is 32.1. The van der Waals surface area contributed by atoms with Crippen molar-refractivity contribution in [1.82, 2.24) is 0 Å². The van der Waals surface area contributed by atoms with Crippen LogP contribution in [0.3, 0.4) is 0 Å². The Morgan fingerprint density at radius 1 is 0.296 bits per heavy atom. The first-order valence-electron chi connectivity index (χ1n) is 18.4. The molecule has 0 N–H and O–H groups in total. The van der Waals surface area contributed by atoms with E-state index in [0.29, 0.717) is 0 Å².